The second-order valence-electron chi connectivity index (χ2n) is 3.24. The van der Waals surface area contributed by atoms with E-state index in [0.29, 0.717) is 12.3 Å². The number of nitrogens with one attached hydrogen (secondary N) is 1. The summed E-state index contributed by atoms with van der Waals surface area (Å²) < 4.78 is 25.3. The first-order chi connectivity index (χ1) is 5.56. The zero-order valence-electron chi connectivity index (χ0n) is 7.09. The average molecular weight is 212 g/mol. The Morgan fingerprint density at radius 1 is 1.58 bits per heavy atom. The van der Waals surface area contributed by atoms with Crippen LogP contribution < -0.4 is 4.72 Å². The number of alkyl halides is 1. The standard InChI is InChI=1S/C7H14ClNO2S/c1-6(4-5-8)9-12(10,11)7-2-3-7/h6-7,9H,2-5H2,1H3. The number of halogens is 1. The number of rotatable bonds is 5. The fraction of sp³-hybridized carbons (Fsp3) is 1.00. The Hall–Kier alpha value is 0.200. The van der Waals surface area contributed by atoms with Crippen LogP contribution in [0.15, 0.2) is 0 Å². The van der Waals surface area contributed by atoms with Crippen molar-refractivity contribution in [2.45, 2.75) is 37.5 Å². The maximum Gasteiger partial charge on any atom is 0.214 e. The first-order valence-electron chi connectivity index (χ1n) is 4.13. The molecule has 1 aliphatic carbocycles. The number of hydrogen-bond donors (Lipinski definition) is 1. The quantitative estimate of drug-likeness (QED) is 0.692. The van der Waals surface area contributed by atoms with Crippen molar-refractivity contribution in [1.82, 2.24) is 4.72 Å². The van der Waals surface area contributed by atoms with Gasteiger partial charge in [0.25, 0.3) is 0 Å². The minimum absolute atomic E-state index is 0.0342. The molecule has 1 atom stereocenters. The van der Waals surface area contributed by atoms with Gasteiger partial charge in [0.15, 0.2) is 0 Å². The summed E-state index contributed by atoms with van der Waals surface area (Å²) in [4.78, 5) is 0. The highest BCUT2D eigenvalue weighted by molar-refractivity contribution is 7.90. The summed E-state index contributed by atoms with van der Waals surface area (Å²) in [5.41, 5.74) is 0. The highest BCUT2D eigenvalue weighted by Gasteiger charge is 2.36. The predicted molar refractivity (Wildman–Crippen MR) is 49.9 cm³/mol. The molecule has 0 amide bonds. The largest absolute Gasteiger partial charge is 0.214 e. The second kappa shape index (κ2) is 3.94. The fourth-order valence-corrected chi connectivity index (χ4v) is 2.93. The first kappa shape index (κ1) is 10.3. The van der Waals surface area contributed by atoms with Crippen LogP contribution in [-0.2, 0) is 10.0 Å². The van der Waals surface area contributed by atoms with E-state index in [1.165, 1.54) is 0 Å². The molecule has 3 nitrogen and oxygen atoms in total. The lowest BCUT2D eigenvalue weighted by molar-refractivity contribution is 0.555. The van der Waals surface area contributed by atoms with Crippen molar-refractivity contribution in [1.29, 1.82) is 0 Å². The Labute approximate surface area is 78.5 Å². The van der Waals surface area contributed by atoms with Crippen LogP contribution in [0.5, 0.6) is 0 Å². The summed E-state index contributed by atoms with van der Waals surface area (Å²) >= 11 is 5.49. The van der Waals surface area contributed by atoms with Gasteiger partial charge in [-0.25, -0.2) is 13.1 Å². The molecule has 0 radical (unpaired) electrons. The minimum Gasteiger partial charge on any atom is -0.212 e. The molecule has 1 unspecified atom stereocenters. The monoisotopic (exact) mass is 211 g/mol. The van der Waals surface area contributed by atoms with Gasteiger partial charge in [-0.15, -0.1) is 11.6 Å². The smallest absolute Gasteiger partial charge is 0.212 e. The molecule has 1 N–H and O–H groups in total. The summed E-state index contributed by atoms with van der Waals surface area (Å²) in [5, 5.41) is -0.129. The van der Waals surface area contributed by atoms with Gasteiger partial charge in [-0.2, -0.15) is 0 Å². The van der Waals surface area contributed by atoms with Crippen LogP contribution >= 0.6 is 11.6 Å². The van der Waals surface area contributed by atoms with E-state index in [-0.39, 0.29) is 11.3 Å². The summed E-state index contributed by atoms with van der Waals surface area (Å²) in [6.07, 6.45) is 2.30. The Bertz CT molecular complexity index is 236. The molecule has 1 saturated carbocycles. The average Bonchev–Trinajstić information content (AvgIpc) is 2.65. The SMILES string of the molecule is CC(CCCl)NS(=O)(=O)C1CC1. The van der Waals surface area contributed by atoms with Gasteiger partial charge in [-0.3, -0.25) is 0 Å². The van der Waals surface area contributed by atoms with E-state index in [9.17, 15) is 8.42 Å². The van der Waals surface area contributed by atoms with Gasteiger partial charge in [-0.1, -0.05) is 0 Å². The van der Waals surface area contributed by atoms with Crippen LogP contribution in [0, 0.1) is 0 Å². The molecule has 72 valence electrons. The first-order valence-corrected chi connectivity index (χ1v) is 6.21. The van der Waals surface area contributed by atoms with Crippen LogP contribution in [0.3, 0.4) is 0 Å². The molecule has 12 heavy (non-hydrogen) atoms. The Balaban J connectivity index is 2.38. The molecule has 1 rings (SSSR count). The third kappa shape index (κ3) is 2.92. The molecule has 0 saturated heterocycles. The van der Waals surface area contributed by atoms with E-state index >= 15 is 0 Å². The van der Waals surface area contributed by atoms with Crippen LogP contribution in [0.4, 0.5) is 0 Å². The van der Waals surface area contributed by atoms with E-state index in [2.05, 4.69) is 4.72 Å². The van der Waals surface area contributed by atoms with E-state index < -0.39 is 10.0 Å². The van der Waals surface area contributed by atoms with Crippen LogP contribution in [0.2, 0.25) is 0 Å². The molecule has 0 spiro atoms. The van der Waals surface area contributed by atoms with Gasteiger partial charge in [0.2, 0.25) is 10.0 Å². The van der Waals surface area contributed by atoms with Gasteiger partial charge in [0.1, 0.15) is 0 Å². The normalized spacial score (nSPS) is 20.8. The van der Waals surface area contributed by atoms with Crippen molar-refractivity contribution in [3.05, 3.63) is 0 Å². The summed E-state index contributed by atoms with van der Waals surface area (Å²) in [6.45, 7) is 1.84. The molecular weight excluding hydrogens is 198 g/mol. The lowest BCUT2D eigenvalue weighted by Crippen LogP contribution is -2.35. The third-order valence-electron chi connectivity index (χ3n) is 1.87. The summed E-state index contributed by atoms with van der Waals surface area (Å²) in [5.74, 6) is 0.494. The van der Waals surface area contributed by atoms with Crippen molar-refractivity contribution in [3.8, 4) is 0 Å². The molecule has 5 heteroatoms. The van der Waals surface area contributed by atoms with E-state index in [1.807, 2.05) is 6.92 Å². The highest BCUT2D eigenvalue weighted by atomic mass is 35.5. The van der Waals surface area contributed by atoms with Crippen molar-refractivity contribution in [3.63, 3.8) is 0 Å². The van der Waals surface area contributed by atoms with Crippen molar-refractivity contribution in [2.75, 3.05) is 5.88 Å². The Kier molecular flexibility index (Phi) is 3.37. The number of sulfonamides is 1. The molecule has 0 aromatic carbocycles. The fourth-order valence-electron chi connectivity index (χ4n) is 0.978. The number of hydrogen-bond acceptors (Lipinski definition) is 2. The molecule has 1 aliphatic rings. The van der Waals surface area contributed by atoms with Gasteiger partial charge in [0, 0.05) is 11.9 Å². The zero-order chi connectivity index (χ0) is 9.19. The van der Waals surface area contributed by atoms with E-state index in [0.717, 1.165) is 12.8 Å². The molecule has 1 fully saturated rings. The molecule has 0 aromatic heterocycles. The lowest BCUT2D eigenvalue weighted by atomic mass is 10.3. The third-order valence-corrected chi connectivity index (χ3v) is 4.17. The lowest BCUT2D eigenvalue weighted by Gasteiger charge is -2.11. The van der Waals surface area contributed by atoms with Gasteiger partial charge in [-0.05, 0) is 26.2 Å². The van der Waals surface area contributed by atoms with Crippen LogP contribution in [0.1, 0.15) is 26.2 Å². The topological polar surface area (TPSA) is 46.2 Å². The molecule has 0 heterocycles. The second-order valence-corrected chi connectivity index (χ2v) is 5.61. The predicted octanol–water partition coefficient (Wildman–Crippen LogP) is 1.09. The van der Waals surface area contributed by atoms with Gasteiger partial charge >= 0.3 is 0 Å². The molecular formula is C7H14ClNO2S. The van der Waals surface area contributed by atoms with Crippen LogP contribution in [0.25, 0.3) is 0 Å². The summed E-state index contributed by atoms with van der Waals surface area (Å²) in [7, 11) is -3.02. The molecule has 0 aliphatic heterocycles. The molecule has 0 bridgehead atoms. The summed E-state index contributed by atoms with van der Waals surface area (Å²) in [6, 6.07) is -0.0342. The zero-order valence-corrected chi connectivity index (χ0v) is 8.66. The minimum atomic E-state index is -3.02. The van der Waals surface area contributed by atoms with Gasteiger partial charge < -0.3 is 0 Å². The van der Waals surface area contributed by atoms with Crippen LogP contribution in [-0.4, -0.2) is 25.6 Å². The van der Waals surface area contributed by atoms with Crippen molar-refractivity contribution in [2.24, 2.45) is 0 Å². The van der Waals surface area contributed by atoms with E-state index in [4.69, 9.17) is 11.6 Å². The Morgan fingerprint density at radius 2 is 2.17 bits per heavy atom. The molecule has 0 aromatic rings. The Morgan fingerprint density at radius 3 is 2.58 bits per heavy atom. The maximum absolute atomic E-state index is 11.3. The van der Waals surface area contributed by atoms with Crippen molar-refractivity contribution >= 4 is 21.6 Å². The maximum atomic E-state index is 11.3. The van der Waals surface area contributed by atoms with Crippen molar-refractivity contribution < 1.29 is 8.42 Å². The van der Waals surface area contributed by atoms with E-state index in [1.54, 1.807) is 0 Å². The highest BCUT2D eigenvalue weighted by Crippen LogP contribution is 2.27. The van der Waals surface area contributed by atoms with Gasteiger partial charge in [0.05, 0.1) is 5.25 Å².